The van der Waals surface area contributed by atoms with Crippen LogP contribution >= 0.6 is 11.6 Å². The van der Waals surface area contributed by atoms with Crippen molar-refractivity contribution in [3.05, 3.63) is 16.4 Å². The zero-order valence-electron chi connectivity index (χ0n) is 12.8. The summed E-state index contributed by atoms with van der Waals surface area (Å²) >= 11 is 6.35. The lowest BCUT2D eigenvalue weighted by Gasteiger charge is -2.45. The third-order valence-electron chi connectivity index (χ3n) is 4.29. The maximum absolute atomic E-state index is 6.71. The lowest BCUT2D eigenvalue weighted by atomic mass is 9.63. The van der Waals surface area contributed by atoms with E-state index in [4.69, 9.17) is 17.3 Å². The highest BCUT2D eigenvalue weighted by molar-refractivity contribution is 6.30. The highest BCUT2D eigenvalue weighted by Gasteiger charge is 2.41. The van der Waals surface area contributed by atoms with Crippen molar-refractivity contribution in [3.63, 3.8) is 0 Å². The zero-order chi connectivity index (χ0) is 14.4. The molecule has 19 heavy (non-hydrogen) atoms. The fourth-order valence-corrected chi connectivity index (χ4v) is 4.41. The zero-order valence-corrected chi connectivity index (χ0v) is 13.5. The van der Waals surface area contributed by atoms with E-state index in [0.717, 1.165) is 35.7 Å². The van der Waals surface area contributed by atoms with Gasteiger partial charge in [0.25, 0.3) is 0 Å². The molecule has 4 heteroatoms. The van der Waals surface area contributed by atoms with Crippen LogP contribution in [-0.4, -0.2) is 15.3 Å². The number of nitrogens with zero attached hydrogens (tertiary/aromatic N) is 2. The van der Waals surface area contributed by atoms with Gasteiger partial charge in [0.2, 0.25) is 0 Å². The smallest absolute Gasteiger partial charge is 0.130 e. The Bertz CT molecular complexity index is 478. The summed E-state index contributed by atoms with van der Waals surface area (Å²) < 4.78 is 1.74. The summed E-state index contributed by atoms with van der Waals surface area (Å²) in [6.45, 7) is 8.96. The molecule has 1 aromatic rings. The number of hydrogen-bond donors (Lipinski definition) is 1. The molecule has 1 aliphatic carbocycles. The molecule has 0 spiro atoms. The summed E-state index contributed by atoms with van der Waals surface area (Å²) in [5.74, 6) is 0.671. The van der Waals surface area contributed by atoms with Crippen LogP contribution in [0.4, 0.5) is 0 Å². The van der Waals surface area contributed by atoms with Crippen LogP contribution in [-0.2, 0) is 13.5 Å². The standard InChI is InChI=1S/C15H26ClN3/c1-10-6-14(3,4)9-15(17,7-10)8-12-11(2)18-19(5)13(12)16/h10H,6-9,17H2,1-5H3. The van der Waals surface area contributed by atoms with Gasteiger partial charge in [-0.3, -0.25) is 4.68 Å². The molecule has 2 rings (SSSR count). The summed E-state index contributed by atoms with van der Waals surface area (Å²) in [7, 11) is 1.88. The van der Waals surface area contributed by atoms with Gasteiger partial charge in [0, 0.05) is 18.2 Å². The van der Waals surface area contributed by atoms with Crippen LogP contribution in [0.3, 0.4) is 0 Å². The van der Waals surface area contributed by atoms with Crippen LogP contribution in [0, 0.1) is 18.3 Å². The summed E-state index contributed by atoms with van der Waals surface area (Å²) in [5, 5.41) is 5.13. The third-order valence-corrected chi connectivity index (χ3v) is 4.76. The van der Waals surface area contributed by atoms with Crippen LogP contribution in [0.2, 0.25) is 5.15 Å². The van der Waals surface area contributed by atoms with Crippen LogP contribution in [0.5, 0.6) is 0 Å². The minimum Gasteiger partial charge on any atom is -0.325 e. The summed E-state index contributed by atoms with van der Waals surface area (Å²) in [4.78, 5) is 0. The minimum atomic E-state index is -0.154. The third kappa shape index (κ3) is 3.14. The van der Waals surface area contributed by atoms with Gasteiger partial charge in [0.15, 0.2) is 0 Å². The number of aryl methyl sites for hydroxylation is 2. The van der Waals surface area contributed by atoms with E-state index in [1.807, 2.05) is 14.0 Å². The molecule has 0 aliphatic heterocycles. The van der Waals surface area contributed by atoms with Gasteiger partial charge < -0.3 is 5.73 Å². The van der Waals surface area contributed by atoms with E-state index in [2.05, 4.69) is 25.9 Å². The molecule has 0 radical (unpaired) electrons. The number of hydrogen-bond acceptors (Lipinski definition) is 2. The number of halogens is 1. The van der Waals surface area contributed by atoms with Crippen molar-refractivity contribution in [1.29, 1.82) is 0 Å². The average Bonchev–Trinajstić information content (AvgIpc) is 2.41. The number of aromatic nitrogens is 2. The molecule has 2 N–H and O–H groups in total. The quantitative estimate of drug-likeness (QED) is 0.903. The van der Waals surface area contributed by atoms with Crippen LogP contribution < -0.4 is 5.73 Å². The van der Waals surface area contributed by atoms with Crippen molar-refractivity contribution in [3.8, 4) is 0 Å². The van der Waals surface area contributed by atoms with E-state index in [9.17, 15) is 0 Å². The second-order valence-electron chi connectivity index (χ2n) is 7.37. The molecule has 2 unspecified atom stereocenters. The molecule has 0 bridgehead atoms. The molecular weight excluding hydrogens is 258 g/mol. The van der Waals surface area contributed by atoms with Crippen molar-refractivity contribution >= 4 is 11.6 Å². The van der Waals surface area contributed by atoms with E-state index in [1.54, 1.807) is 4.68 Å². The SMILES string of the molecule is Cc1nn(C)c(Cl)c1CC1(N)CC(C)CC(C)(C)C1. The average molecular weight is 284 g/mol. The predicted octanol–water partition coefficient (Wildman–Crippen LogP) is 3.47. The fraction of sp³-hybridized carbons (Fsp3) is 0.800. The Kier molecular flexibility index (Phi) is 3.74. The molecular formula is C15H26ClN3. The van der Waals surface area contributed by atoms with Gasteiger partial charge in [-0.2, -0.15) is 5.10 Å². The molecule has 0 aromatic carbocycles. The van der Waals surface area contributed by atoms with Crippen molar-refractivity contribution < 1.29 is 0 Å². The van der Waals surface area contributed by atoms with Gasteiger partial charge in [-0.05, 0) is 43.9 Å². The van der Waals surface area contributed by atoms with Gasteiger partial charge in [-0.25, -0.2) is 0 Å². The van der Waals surface area contributed by atoms with Crippen LogP contribution in [0.25, 0.3) is 0 Å². The summed E-state index contributed by atoms with van der Waals surface area (Å²) in [6.07, 6.45) is 4.21. The molecule has 2 atom stereocenters. The normalized spacial score (nSPS) is 30.6. The van der Waals surface area contributed by atoms with Crippen molar-refractivity contribution in [2.45, 2.75) is 58.9 Å². The number of rotatable bonds is 2. The molecule has 1 heterocycles. The first-order chi connectivity index (χ1) is 8.62. The molecule has 1 fully saturated rings. The first-order valence-electron chi connectivity index (χ1n) is 7.09. The first-order valence-corrected chi connectivity index (χ1v) is 7.47. The van der Waals surface area contributed by atoms with Gasteiger partial charge in [0.1, 0.15) is 5.15 Å². The minimum absolute atomic E-state index is 0.154. The largest absolute Gasteiger partial charge is 0.325 e. The Morgan fingerprint density at radius 3 is 2.53 bits per heavy atom. The monoisotopic (exact) mass is 283 g/mol. The Hall–Kier alpha value is -0.540. The number of nitrogens with two attached hydrogens (primary N) is 1. The van der Waals surface area contributed by atoms with Crippen molar-refractivity contribution in [2.24, 2.45) is 24.1 Å². The highest BCUT2D eigenvalue weighted by Crippen LogP contribution is 2.44. The van der Waals surface area contributed by atoms with Crippen LogP contribution in [0.1, 0.15) is 51.3 Å². The molecule has 1 aliphatic rings. The maximum Gasteiger partial charge on any atom is 0.130 e. The Morgan fingerprint density at radius 1 is 1.42 bits per heavy atom. The second-order valence-corrected chi connectivity index (χ2v) is 7.73. The second kappa shape index (κ2) is 4.78. The highest BCUT2D eigenvalue weighted by atomic mass is 35.5. The van der Waals surface area contributed by atoms with E-state index in [1.165, 1.54) is 6.42 Å². The van der Waals surface area contributed by atoms with Crippen molar-refractivity contribution in [1.82, 2.24) is 9.78 Å². The van der Waals surface area contributed by atoms with E-state index in [-0.39, 0.29) is 5.54 Å². The molecule has 108 valence electrons. The summed E-state index contributed by atoms with van der Waals surface area (Å²) in [5.41, 5.74) is 9.00. The maximum atomic E-state index is 6.71. The van der Waals surface area contributed by atoms with E-state index >= 15 is 0 Å². The first kappa shape index (κ1) is 14.9. The van der Waals surface area contributed by atoms with E-state index < -0.39 is 0 Å². The van der Waals surface area contributed by atoms with Crippen LogP contribution in [0.15, 0.2) is 0 Å². The topological polar surface area (TPSA) is 43.8 Å². The lowest BCUT2D eigenvalue weighted by molar-refractivity contribution is 0.108. The fourth-order valence-electron chi connectivity index (χ4n) is 4.17. The van der Waals surface area contributed by atoms with Gasteiger partial charge in [-0.1, -0.05) is 32.4 Å². The predicted molar refractivity (Wildman–Crippen MR) is 80.4 cm³/mol. The molecule has 1 saturated carbocycles. The lowest BCUT2D eigenvalue weighted by Crippen LogP contribution is -2.50. The van der Waals surface area contributed by atoms with Crippen molar-refractivity contribution in [2.75, 3.05) is 0 Å². The molecule has 0 amide bonds. The van der Waals surface area contributed by atoms with Gasteiger partial charge in [-0.15, -0.1) is 0 Å². The summed E-state index contributed by atoms with van der Waals surface area (Å²) in [6, 6.07) is 0. The van der Waals surface area contributed by atoms with Gasteiger partial charge >= 0.3 is 0 Å². The molecule has 1 aromatic heterocycles. The van der Waals surface area contributed by atoms with E-state index in [0.29, 0.717) is 11.3 Å². The Morgan fingerprint density at radius 2 is 2.05 bits per heavy atom. The van der Waals surface area contributed by atoms with Gasteiger partial charge in [0.05, 0.1) is 5.69 Å². The molecule has 3 nitrogen and oxygen atoms in total. The Labute approximate surface area is 121 Å². The molecule has 0 saturated heterocycles. The Balaban J connectivity index is 2.26.